The largest absolute Gasteiger partial charge is 0.361 e. The number of fused-ring (bicyclic) bond motifs is 1. The van der Waals surface area contributed by atoms with Crippen molar-refractivity contribution in [3.05, 3.63) is 35.5 Å². The molecule has 4 rings (SSSR count). The van der Waals surface area contributed by atoms with Crippen LogP contribution in [0.5, 0.6) is 0 Å². The van der Waals surface area contributed by atoms with Gasteiger partial charge in [0.1, 0.15) is 0 Å². The molecule has 0 radical (unpaired) electrons. The summed E-state index contributed by atoms with van der Waals surface area (Å²) in [4.78, 5) is 25.0. The number of carbonyl (C=O) groups is 1. The monoisotopic (exact) mass is 424 g/mol. The fourth-order valence-electron chi connectivity index (χ4n) is 4.31. The smallest absolute Gasteiger partial charge is 0.234 e. The van der Waals surface area contributed by atoms with Crippen molar-refractivity contribution >= 4 is 22.8 Å². The minimum absolute atomic E-state index is 0.168. The Morgan fingerprint density at radius 2 is 1.97 bits per heavy atom. The number of nitrogens with one attached hydrogen (secondary N) is 3. The molecule has 2 heterocycles. The van der Waals surface area contributed by atoms with E-state index >= 15 is 0 Å². The molecule has 1 aromatic heterocycles. The van der Waals surface area contributed by atoms with Crippen LogP contribution in [0.15, 0.2) is 29.4 Å². The fraction of sp³-hybridized carbons (Fsp3) is 0.583. The zero-order valence-corrected chi connectivity index (χ0v) is 18.9. The van der Waals surface area contributed by atoms with Gasteiger partial charge >= 0.3 is 0 Å². The normalized spacial score (nSPS) is 17.9. The Labute approximate surface area is 185 Å². The van der Waals surface area contributed by atoms with E-state index in [0.717, 1.165) is 70.9 Å². The van der Waals surface area contributed by atoms with Crippen molar-refractivity contribution < 1.29 is 4.79 Å². The average Bonchev–Trinajstić information content (AvgIpc) is 3.50. The Bertz CT molecular complexity index is 908. The molecule has 31 heavy (non-hydrogen) atoms. The quantitative estimate of drug-likeness (QED) is 0.448. The number of para-hydroxylation sites is 1. The predicted octanol–water partition coefficient (Wildman–Crippen LogP) is 2.13. The van der Waals surface area contributed by atoms with E-state index in [9.17, 15) is 4.79 Å². The number of rotatable bonds is 8. The minimum atomic E-state index is 0.168. The zero-order valence-electron chi connectivity index (χ0n) is 18.9. The highest BCUT2D eigenvalue weighted by atomic mass is 16.2. The van der Waals surface area contributed by atoms with Gasteiger partial charge in [0.05, 0.1) is 6.54 Å². The second-order valence-corrected chi connectivity index (χ2v) is 8.60. The first-order valence-electron chi connectivity index (χ1n) is 11.8. The van der Waals surface area contributed by atoms with Gasteiger partial charge in [0.15, 0.2) is 5.96 Å². The Hall–Kier alpha value is -2.54. The first-order valence-corrected chi connectivity index (χ1v) is 11.8. The molecule has 2 aliphatic rings. The lowest BCUT2D eigenvalue weighted by Gasteiger charge is -2.36. The number of carbonyl (C=O) groups excluding carboxylic acids is 1. The number of aryl methyl sites for hydroxylation is 1. The van der Waals surface area contributed by atoms with Gasteiger partial charge in [-0.25, -0.2) is 0 Å². The highest BCUT2D eigenvalue weighted by Crippen LogP contribution is 2.22. The van der Waals surface area contributed by atoms with Crippen LogP contribution in [-0.4, -0.2) is 78.5 Å². The van der Waals surface area contributed by atoms with Crippen LogP contribution < -0.4 is 10.6 Å². The van der Waals surface area contributed by atoms with Gasteiger partial charge in [-0.3, -0.25) is 14.7 Å². The van der Waals surface area contributed by atoms with Crippen molar-refractivity contribution in [2.45, 2.75) is 45.6 Å². The van der Waals surface area contributed by atoms with E-state index in [1.54, 1.807) is 0 Å². The molecule has 1 saturated heterocycles. The Kier molecular flexibility index (Phi) is 7.12. The molecular weight excluding hydrogens is 388 g/mol. The molecule has 0 atom stereocenters. The summed E-state index contributed by atoms with van der Waals surface area (Å²) >= 11 is 0. The van der Waals surface area contributed by atoms with Crippen molar-refractivity contribution in [3.63, 3.8) is 0 Å². The van der Waals surface area contributed by atoms with Gasteiger partial charge in [-0.05, 0) is 43.7 Å². The summed E-state index contributed by atoms with van der Waals surface area (Å²) in [5, 5.41) is 7.85. The number of H-pyrrole nitrogens is 1. The van der Waals surface area contributed by atoms with Gasteiger partial charge in [-0.2, -0.15) is 0 Å². The van der Waals surface area contributed by atoms with E-state index in [4.69, 9.17) is 4.99 Å². The van der Waals surface area contributed by atoms with Crippen molar-refractivity contribution in [1.82, 2.24) is 25.4 Å². The van der Waals surface area contributed by atoms with Crippen LogP contribution in [0.1, 0.15) is 37.8 Å². The fourth-order valence-corrected chi connectivity index (χ4v) is 4.31. The van der Waals surface area contributed by atoms with Crippen molar-refractivity contribution in [1.29, 1.82) is 0 Å². The molecule has 0 spiro atoms. The van der Waals surface area contributed by atoms with E-state index < -0.39 is 0 Å². The molecule has 0 unspecified atom stereocenters. The van der Waals surface area contributed by atoms with Crippen LogP contribution in [-0.2, 0) is 17.6 Å². The van der Waals surface area contributed by atoms with Crippen LogP contribution in [0.2, 0.25) is 0 Å². The molecule has 3 N–H and O–H groups in total. The van der Waals surface area contributed by atoms with E-state index in [1.807, 2.05) is 0 Å². The van der Waals surface area contributed by atoms with E-state index in [1.165, 1.54) is 22.0 Å². The standard InChI is InChI=1S/C24H36N6O/c1-3-18-6-5-7-21-19(16-27-23(18)21)10-11-26-24(25-4-2)30-14-12-29(13-15-30)17-22(31)28-20-8-9-20/h5-7,16,20,27H,3-4,8-15,17H2,1-2H3,(H,25,26)(H,28,31). The van der Waals surface area contributed by atoms with Crippen LogP contribution in [0, 0.1) is 0 Å². The summed E-state index contributed by atoms with van der Waals surface area (Å²) in [7, 11) is 0. The number of hydrogen-bond donors (Lipinski definition) is 3. The van der Waals surface area contributed by atoms with Crippen molar-refractivity contribution in [3.8, 4) is 0 Å². The Morgan fingerprint density at radius 1 is 1.16 bits per heavy atom. The zero-order chi connectivity index (χ0) is 21.6. The van der Waals surface area contributed by atoms with Gasteiger partial charge in [-0.1, -0.05) is 25.1 Å². The molecule has 2 fully saturated rings. The molecule has 168 valence electrons. The summed E-state index contributed by atoms with van der Waals surface area (Å²) in [5.74, 6) is 1.15. The third-order valence-corrected chi connectivity index (χ3v) is 6.23. The number of aromatic nitrogens is 1. The van der Waals surface area contributed by atoms with Gasteiger partial charge in [0.25, 0.3) is 0 Å². The molecule has 1 aromatic carbocycles. The summed E-state index contributed by atoms with van der Waals surface area (Å²) < 4.78 is 0. The lowest BCUT2D eigenvalue weighted by atomic mass is 10.1. The second kappa shape index (κ2) is 10.2. The number of piperazine rings is 1. The minimum Gasteiger partial charge on any atom is -0.361 e. The van der Waals surface area contributed by atoms with E-state index in [-0.39, 0.29) is 5.91 Å². The molecule has 1 aliphatic carbocycles. The first kappa shape index (κ1) is 21.7. The van der Waals surface area contributed by atoms with Crippen molar-refractivity contribution in [2.75, 3.05) is 45.8 Å². The SMILES string of the molecule is CCNC(=NCCc1c[nH]c2c(CC)cccc12)N1CCN(CC(=O)NC2CC2)CC1. The van der Waals surface area contributed by atoms with Gasteiger partial charge in [0.2, 0.25) is 5.91 Å². The number of guanidine groups is 1. The second-order valence-electron chi connectivity index (χ2n) is 8.60. The molecule has 1 aliphatic heterocycles. The van der Waals surface area contributed by atoms with E-state index in [2.05, 4.69) is 63.7 Å². The first-order chi connectivity index (χ1) is 15.2. The molecule has 0 bridgehead atoms. The lowest BCUT2D eigenvalue weighted by Crippen LogP contribution is -2.54. The highest BCUT2D eigenvalue weighted by Gasteiger charge is 2.25. The summed E-state index contributed by atoms with van der Waals surface area (Å²) in [5.41, 5.74) is 3.96. The maximum absolute atomic E-state index is 12.1. The van der Waals surface area contributed by atoms with Gasteiger partial charge in [-0.15, -0.1) is 0 Å². The lowest BCUT2D eigenvalue weighted by molar-refractivity contribution is -0.122. The topological polar surface area (TPSA) is 75.8 Å². The Balaban J connectivity index is 1.31. The average molecular weight is 425 g/mol. The Morgan fingerprint density at radius 3 is 2.68 bits per heavy atom. The van der Waals surface area contributed by atoms with Crippen LogP contribution in [0.3, 0.4) is 0 Å². The predicted molar refractivity (Wildman–Crippen MR) is 127 cm³/mol. The van der Waals surface area contributed by atoms with Crippen LogP contribution >= 0.6 is 0 Å². The van der Waals surface area contributed by atoms with E-state index in [0.29, 0.717) is 12.6 Å². The van der Waals surface area contributed by atoms with Crippen LogP contribution in [0.4, 0.5) is 0 Å². The van der Waals surface area contributed by atoms with Crippen molar-refractivity contribution in [2.24, 2.45) is 4.99 Å². The van der Waals surface area contributed by atoms with Gasteiger partial charge < -0.3 is 20.5 Å². The molecule has 7 nitrogen and oxygen atoms in total. The summed E-state index contributed by atoms with van der Waals surface area (Å²) in [6.45, 7) is 10.0. The third-order valence-electron chi connectivity index (χ3n) is 6.23. The van der Waals surface area contributed by atoms with Gasteiger partial charge in [0, 0.05) is 62.4 Å². The molecular formula is C24H36N6O. The highest BCUT2D eigenvalue weighted by molar-refractivity contribution is 5.86. The maximum atomic E-state index is 12.1. The molecule has 2 aromatic rings. The summed E-state index contributed by atoms with van der Waals surface area (Å²) in [6, 6.07) is 6.98. The molecule has 1 saturated carbocycles. The number of amides is 1. The number of nitrogens with zero attached hydrogens (tertiary/aromatic N) is 3. The number of aliphatic imine (C=N–C) groups is 1. The molecule has 7 heteroatoms. The number of hydrogen-bond acceptors (Lipinski definition) is 3. The van der Waals surface area contributed by atoms with Crippen LogP contribution in [0.25, 0.3) is 10.9 Å². The maximum Gasteiger partial charge on any atom is 0.234 e. The number of benzene rings is 1. The molecule has 1 amide bonds. The third kappa shape index (κ3) is 5.58. The number of aromatic amines is 1. The summed E-state index contributed by atoms with van der Waals surface area (Å²) in [6.07, 6.45) is 6.37.